The van der Waals surface area contributed by atoms with Crippen LogP contribution in [0.2, 0.25) is 0 Å². The SMILES string of the molecule is CCC1(CC)C(=O)NCC(=O)N1Cc1ccc(F)c(Br)c1. The summed E-state index contributed by atoms with van der Waals surface area (Å²) in [6.07, 6.45) is 1.09. The smallest absolute Gasteiger partial charge is 0.246 e. The van der Waals surface area contributed by atoms with Crippen LogP contribution in [0, 0.1) is 5.82 Å². The minimum Gasteiger partial charge on any atom is -0.345 e. The summed E-state index contributed by atoms with van der Waals surface area (Å²) >= 11 is 3.14. The zero-order valence-corrected chi connectivity index (χ0v) is 13.7. The molecule has 0 atom stereocenters. The number of hydrogen-bond acceptors (Lipinski definition) is 2. The van der Waals surface area contributed by atoms with Gasteiger partial charge in [0.15, 0.2) is 0 Å². The average Bonchev–Trinajstić information content (AvgIpc) is 2.48. The van der Waals surface area contributed by atoms with Gasteiger partial charge in [-0.3, -0.25) is 9.59 Å². The van der Waals surface area contributed by atoms with Crippen LogP contribution in [0.15, 0.2) is 22.7 Å². The number of carbonyl (C=O) groups is 2. The molecule has 0 bridgehead atoms. The number of rotatable bonds is 4. The molecule has 6 heteroatoms. The molecule has 0 unspecified atom stereocenters. The van der Waals surface area contributed by atoms with Crippen molar-refractivity contribution >= 4 is 27.7 Å². The fraction of sp³-hybridized carbons (Fsp3) is 0.467. The van der Waals surface area contributed by atoms with Gasteiger partial charge in [0, 0.05) is 6.54 Å². The molecule has 114 valence electrons. The minimum atomic E-state index is -0.823. The molecular formula is C15H18BrFN2O2. The Hall–Kier alpha value is -1.43. The van der Waals surface area contributed by atoms with Gasteiger partial charge in [0.2, 0.25) is 11.8 Å². The molecule has 1 aromatic carbocycles. The second kappa shape index (κ2) is 6.13. The first-order valence-electron chi connectivity index (χ1n) is 6.97. The first-order chi connectivity index (χ1) is 9.94. The Balaban J connectivity index is 2.35. The quantitative estimate of drug-likeness (QED) is 0.901. The van der Waals surface area contributed by atoms with Crippen molar-refractivity contribution in [2.24, 2.45) is 0 Å². The Bertz CT molecular complexity index is 573. The van der Waals surface area contributed by atoms with Gasteiger partial charge in [0.05, 0.1) is 11.0 Å². The molecule has 1 N–H and O–H groups in total. The Morgan fingerprint density at radius 1 is 1.33 bits per heavy atom. The molecule has 4 nitrogen and oxygen atoms in total. The maximum atomic E-state index is 13.3. The third-order valence-corrected chi connectivity index (χ3v) is 4.74. The van der Waals surface area contributed by atoms with E-state index in [-0.39, 0.29) is 24.2 Å². The Labute approximate surface area is 131 Å². The van der Waals surface area contributed by atoms with Crippen LogP contribution >= 0.6 is 15.9 Å². The van der Waals surface area contributed by atoms with Crippen LogP contribution in [0.5, 0.6) is 0 Å². The van der Waals surface area contributed by atoms with Crippen LogP contribution in [0.25, 0.3) is 0 Å². The van der Waals surface area contributed by atoms with Gasteiger partial charge in [-0.15, -0.1) is 0 Å². The van der Waals surface area contributed by atoms with E-state index < -0.39 is 5.54 Å². The first kappa shape index (κ1) is 15.9. The lowest BCUT2D eigenvalue weighted by Crippen LogP contribution is -2.66. The average molecular weight is 357 g/mol. The molecule has 21 heavy (non-hydrogen) atoms. The van der Waals surface area contributed by atoms with Gasteiger partial charge in [0.1, 0.15) is 11.4 Å². The Morgan fingerprint density at radius 2 is 2.00 bits per heavy atom. The zero-order valence-electron chi connectivity index (χ0n) is 12.1. The monoisotopic (exact) mass is 356 g/mol. The Morgan fingerprint density at radius 3 is 2.57 bits per heavy atom. The lowest BCUT2D eigenvalue weighted by molar-refractivity contribution is -0.155. The van der Waals surface area contributed by atoms with E-state index in [1.54, 1.807) is 17.0 Å². The van der Waals surface area contributed by atoms with Crippen LogP contribution in [0.3, 0.4) is 0 Å². The van der Waals surface area contributed by atoms with Gasteiger partial charge >= 0.3 is 0 Å². The number of carbonyl (C=O) groups excluding carboxylic acids is 2. The zero-order chi connectivity index (χ0) is 15.6. The van der Waals surface area contributed by atoms with Crippen LogP contribution in [0.4, 0.5) is 4.39 Å². The molecule has 1 aromatic rings. The summed E-state index contributed by atoms with van der Waals surface area (Å²) in [5, 5.41) is 2.66. The standard InChI is InChI=1S/C15H18BrFN2O2/c1-3-15(4-2)14(21)18-8-13(20)19(15)9-10-5-6-12(17)11(16)7-10/h5-7H,3-4,8-9H2,1-2H3,(H,18,21). The first-order valence-corrected chi connectivity index (χ1v) is 7.76. The topological polar surface area (TPSA) is 49.4 Å². The molecule has 2 amide bonds. The third-order valence-electron chi connectivity index (χ3n) is 4.14. The highest BCUT2D eigenvalue weighted by Crippen LogP contribution is 2.29. The van der Waals surface area contributed by atoms with E-state index in [2.05, 4.69) is 21.2 Å². The normalized spacial score (nSPS) is 17.8. The molecule has 0 aliphatic carbocycles. The Kier molecular flexibility index (Phi) is 4.66. The van der Waals surface area contributed by atoms with Crippen LogP contribution in [0.1, 0.15) is 32.3 Å². The van der Waals surface area contributed by atoms with Crippen molar-refractivity contribution in [1.29, 1.82) is 0 Å². The van der Waals surface area contributed by atoms with E-state index in [1.165, 1.54) is 6.07 Å². The van der Waals surface area contributed by atoms with Crippen molar-refractivity contribution in [1.82, 2.24) is 10.2 Å². The molecule has 1 aliphatic heterocycles. The van der Waals surface area contributed by atoms with Gasteiger partial charge in [-0.25, -0.2) is 4.39 Å². The van der Waals surface area contributed by atoms with E-state index >= 15 is 0 Å². The number of nitrogens with one attached hydrogen (secondary N) is 1. The maximum absolute atomic E-state index is 13.3. The van der Waals surface area contributed by atoms with Crippen molar-refractivity contribution in [3.05, 3.63) is 34.1 Å². The van der Waals surface area contributed by atoms with E-state index in [4.69, 9.17) is 0 Å². The van der Waals surface area contributed by atoms with Crippen LogP contribution in [-0.2, 0) is 16.1 Å². The van der Waals surface area contributed by atoms with Gasteiger partial charge in [-0.05, 0) is 46.5 Å². The summed E-state index contributed by atoms with van der Waals surface area (Å²) in [5.74, 6) is -0.578. The highest BCUT2D eigenvalue weighted by Gasteiger charge is 2.46. The van der Waals surface area contributed by atoms with E-state index in [9.17, 15) is 14.0 Å². The lowest BCUT2D eigenvalue weighted by atomic mass is 9.87. The summed E-state index contributed by atoms with van der Waals surface area (Å²) in [6.45, 7) is 4.11. The number of hydrogen-bond donors (Lipinski definition) is 1. The van der Waals surface area contributed by atoms with Gasteiger partial charge < -0.3 is 10.2 Å². The molecule has 2 rings (SSSR count). The molecule has 0 aromatic heterocycles. The summed E-state index contributed by atoms with van der Waals surface area (Å²) in [6, 6.07) is 4.63. The molecule has 1 fully saturated rings. The number of amides is 2. The molecular weight excluding hydrogens is 339 g/mol. The third kappa shape index (κ3) is 2.81. The van der Waals surface area contributed by atoms with Crippen LogP contribution < -0.4 is 5.32 Å². The molecule has 1 saturated heterocycles. The van der Waals surface area contributed by atoms with Crippen molar-refractivity contribution in [3.63, 3.8) is 0 Å². The minimum absolute atomic E-state index is 0.0168. The molecule has 0 saturated carbocycles. The molecule has 1 aliphatic rings. The summed E-state index contributed by atoms with van der Waals surface area (Å²) < 4.78 is 13.7. The number of piperazine rings is 1. The van der Waals surface area contributed by atoms with E-state index in [0.29, 0.717) is 23.9 Å². The van der Waals surface area contributed by atoms with Gasteiger partial charge in [-0.2, -0.15) is 0 Å². The number of halogens is 2. The lowest BCUT2D eigenvalue weighted by Gasteiger charge is -2.45. The predicted octanol–water partition coefficient (Wildman–Crippen LogP) is 2.61. The molecule has 0 spiro atoms. The highest BCUT2D eigenvalue weighted by molar-refractivity contribution is 9.10. The van der Waals surface area contributed by atoms with E-state index in [0.717, 1.165) is 5.56 Å². The van der Waals surface area contributed by atoms with Crippen molar-refractivity contribution in [2.45, 2.75) is 38.8 Å². The van der Waals surface area contributed by atoms with Crippen molar-refractivity contribution in [2.75, 3.05) is 6.54 Å². The summed E-state index contributed by atoms with van der Waals surface area (Å²) in [7, 11) is 0. The van der Waals surface area contributed by atoms with E-state index in [1.807, 2.05) is 13.8 Å². The second-order valence-corrected chi connectivity index (χ2v) is 6.00. The second-order valence-electron chi connectivity index (χ2n) is 5.15. The molecule has 1 heterocycles. The van der Waals surface area contributed by atoms with Crippen molar-refractivity contribution < 1.29 is 14.0 Å². The largest absolute Gasteiger partial charge is 0.345 e. The van der Waals surface area contributed by atoms with Crippen molar-refractivity contribution in [3.8, 4) is 0 Å². The number of nitrogens with zero attached hydrogens (tertiary/aromatic N) is 1. The maximum Gasteiger partial charge on any atom is 0.246 e. The fourth-order valence-corrected chi connectivity index (χ4v) is 3.22. The predicted molar refractivity (Wildman–Crippen MR) is 81.0 cm³/mol. The molecule has 0 radical (unpaired) electrons. The fourth-order valence-electron chi connectivity index (χ4n) is 2.79. The summed E-state index contributed by atoms with van der Waals surface area (Å²) in [4.78, 5) is 26.1. The van der Waals surface area contributed by atoms with Gasteiger partial charge in [-0.1, -0.05) is 19.9 Å². The number of benzene rings is 1. The van der Waals surface area contributed by atoms with Gasteiger partial charge in [0.25, 0.3) is 0 Å². The summed E-state index contributed by atoms with van der Waals surface area (Å²) in [5.41, 5.74) is -0.0338. The van der Waals surface area contributed by atoms with Crippen LogP contribution in [-0.4, -0.2) is 28.8 Å². The highest BCUT2D eigenvalue weighted by atomic mass is 79.9.